The second-order valence-corrected chi connectivity index (χ2v) is 4.57. The van der Waals surface area contributed by atoms with Crippen LogP contribution in [0.15, 0.2) is 18.2 Å². The summed E-state index contributed by atoms with van der Waals surface area (Å²) < 4.78 is 12.9. The molecule has 0 unspecified atom stereocenters. The zero-order valence-electron chi connectivity index (χ0n) is 11.2. The van der Waals surface area contributed by atoms with Gasteiger partial charge < -0.3 is 16.2 Å². The van der Waals surface area contributed by atoms with Crippen LogP contribution in [0.3, 0.4) is 0 Å². The highest BCUT2D eigenvalue weighted by molar-refractivity contribution is 5.95. The topological polar surface area (TPSA) is 78.6 Å². The van der Waals surface area contributed by atoms with Crippen LogP contribution in [0.4, 0.5) is 15.8 Å². The Morgan fingerprint density at radius 2 is 2.21 bits per heavy atom. The Bertz CT molecular complexity index is 438. The zero-order chi connectivity index (χ0) is 14.4. The molecule has 1 rings (SSSR count). The summed E-state index contributed by atoms with van der Waals surface area (Å²) in [6.45, 7) is 4.44. The minimum Gasteiger partial charge on any atom is -0.397 e. The highest BCUT2D eigenvalue weighted by Gasteiger charge is 2.14. The van der Waals surface area contributed by atoms with Gasteiger partial charge in [-0.3, -0.25) is 9.69 Å². The molecule has 0 aliphatic carbocycles. The molecule has 0 atom stereocenters. The summed E-state index contributed by atoms with van der Waals surface area (Å²) in [5, 5.41) is 11.6. The number of nitrogen functional groups attached to an aromatic ring is 1. The maximum absolute atomic E-state index is 12.9. The fourth-order valence-corrected chi connectivity index (χ4v) is 1.67. The van der Waals surface area contributed by atoms with Gasteiger partial charge in [-0.1, -0.05) is 0 Å². The average Bonchev–Trinajstić information content (AvgIpc) is 2.32. The number of anilines is 2. The molecule has 0 saturated heterocycles. The number of carbonyl (C=O) groups is 1. The number of hydrogen-bond donors (Lipinski definition) is 3. The summed E-state index contributed by atoms with van der Waals surface area (Å²) in [5.41, 5.74) is 6.19. The van der Waals surface area contributed by atoms with Crippen molar-refractivity contribution in [2.75, 3.05) is 30.7 Å². The molecule has 0 fully saturated rings. The number of halogens is 1. The molecule has 19 heavy (non-hydrogen) atoms. The Morgan fingerprint density at radius 3 is 2.74 bits per heavy atom. The lowest BCUT2D eigenvalue weighted by Crippen LogP contribution is -2.39. The van der Waals surface area contributed by atoms with Crippen molar-refractivity contribution >= 4 is 17.3 Å². The van der Waals surface area contributed by atoms with E-state index >= 15 is 0 Å². The highest BCUT2D eigenvalue weighted by atomic mass is 19.1. The Balaban J connectivity index is 2.63. The summed E-state index contributed by atoms with van der Waals surface area (Å²) in [6, 6.07) is 3.96. The third kappa shape index (κ3) is 4.84. The minimum absolute atomic E-state index is 0.00977. The summed E-state index contributed by atoms with van der Waals surface area (Å²) in [7, 11) is 0. The van der Waals surface area contributed by atoms with E-state index in [1.807, 2.05) is 18.7 Å². The molecule has 0 spiro atoms. The predicted molar refractivity (Wildman–Crippen MR) is 73.2 cm³/mol. The number of nitrogens with one attached hydrogen (secondary N) is 1. The molecule has 0 radical (unpaired) electrons. The van der Waals surface area contributed by atoms with Crippen molar-refractivity contribution in [2.45, 2.75) is 19.9 Å². The van der Waals surface area contributed by atoms with Crippen LogP contribution < -0.4 is 11.1 Å². The number of hydrogen-bond acceptors (Lipinski definition) is 4. The van der Waals surface area contributed by atoms with Gasteiger partial charge in [-0.05, 0) is 32.0 Å². The van der Waals surface area contributed by atoms with Crippen molar-refractivity contribution in [1.82, 2.24) is 4.90 Å². The van der Waals surface area contributed by atoms with E-state index in [0.717, 1.165) is 6.07 Å². The van der Waals surface area contributed by atoms with Crippen LogP contribution in [-0.2, 0) is 4.79 Å². The maximum Gasteiger partial charge on any atom is 0.238 e. The molecule has 0 aliphatic heterocycles. The van der Waals surface area contributed by atoms with Gasteiger partial charge in [0.25, 0.3) is 0 Å². The molecule has 1 aromatic rings. The van der Waals surface area contributed by atoms with E-state index in [1.165, 1.54) is 12.1 Å². The molecule has 0 heterocycles. The fourth-order valence-electron chi connectivity index (χ4n) is 1.67. The largest absolute Gasteiger partial charge is 0.397 e. The molecular formula is C13H20FN3O2. The number of benzene rings is 1. The molecule has 4 N–H and O–H groups in total. The number of nitrogens with two attached hydrogens (primary N) is 1. The molecule has 0 saturated carbocycles. The number of amides is 1. The molecule has 6 heteroatoms. The maximum atomic E-state index is 12.9. The standard InChI is InChI=1S/C13H20FN3O2/c1-9(2)17(5-6-18)8-13(19)16-12-4-3-10(14)7-11(12)15/h3-4,7,9,18H,5-6,8,15H2,1-2H3,(H,16,19). The van der Waals surface area contributed by atoms with E-state index in [9.17, 15) is 9.18 Å². The number of aliphatic hydroxyl groups is 1. The predicted octanol–water partition coefficient (Wildman–Crippen LogP) is 1.05. The van der Waals surface area contributed by atoms with E-state index < -0.39 is 5.82 Å². The van der Waals surface area contributed by atoms with Gasteiger partial charge in [0, 0.05) is 12.6 Å². The average molecular weight is 269 g/mol. The number of carbonyl (C=O) groups excluding carboxylic acids is 1. The summed E-state index contributed by atoms with van der Waals surface area (Å²) in [5.74, 6) is -0.694. The van der Waals surface area contributed by atoms with Gasteiger partial charge in [0.1, 0.15) is 5.82 Å². The van der Waals surface area contributed by atoms with Crippen LogP contribution in [0, 0.1) is 5.82 Å². The highest BCUT2D eigenvalue weighted by Crippen LogP contribution is 2.18. The first kappa shape index (κ1) is 15.4. The molecule has 0 aromatic heterocycles. The lowest BCUT2D eigenvalue weighted by molar-refractivity contribution is -0.117. The quantitative estimate of drug-likeness (QED) is 0.674. The molecule has 0 bridgehead atoms. The van der Waals surface area contributed by atoms with Gasteiger partial charge in [0.15, 0.2) is 0 Å². The Morgan fingerprint density at radius 1 is 1.53 bits per heavy atom. The molecule has 1 aromatic carbocycles. The minimum atomic E-state index is -0.445. The Kier molecular flexibility index (Phi) is 5.72. The first-order valence-corrected chi connectivity index (χ1v) is 6.13. The summed E-state index contributed by atoms with van der Waals surface area (Å²) in [6.07, 6.45) is 0. The number of rotatable bonds is 6. The monoisotopic (exact) mass is 269 g/mol. The first-order chi connectivity index (χ1) is 8.93. The zero-order valence-corrected chi connectivity index (χ0v) is 11.2. The third-order valence-corrected chi connectivity index (χ3v) is 2.75. The van der Waals surface area contributed by atoms with Crippen LogP contribution in [0.1, 0.15) is 13.8 Å². The molecular weight excluding hydrogens is 249 g/mol. The van der Waals surface area contributed by atoms with Crippen LogP contribution in [-0.4, -0.2) is 41.7 Å². The summed E-state index contributed by atoms with van der Waals surface area (Å²) >= 11 is 0. The lowest BCUT2D eigenvalue weighted by atomic mass is 10.2. The van der Waals surface area contributed by atoms with Crippen LogP contribution >= 0.6 is 0 Å². The smallest absolute Gasteiger partial charge is 0.238 e. The van der Waals surface area contributed by atoms with Crippen LogP contribution in [0.2, 0.25) is 0 Å². The van der Waals surface area contributed by atoms with Gasteiger partial charge in [-0.15, -0.1) is 0 Å². The van der Waals surface area contributed by atoms with Gasteiger partial charge >= 0.3 is 0 Å². The second kappa shape index (κ2) is 7.06. The summed E-state index contributed by atoms with van der Waals surface area (Å²) in [4.78, 5) is 13.7. The van der Waals surface area contributed by atoms with E-state index in [-0.39, 0.29) is 30.8 Å². The van der Waals surface area contributed by atoms with E-state index in [2.05, 4.69) is 5.32 Å². The molecule has 106 valence electrons. The second-order valence-electron chi connectivity index (χ2n) is 4.57. The Hall–Kier alpha value is -1.66. The van der Waals surface area contributed by atoms with Crippen molar-refractivity contribution in [3.63, 3.8) is 0 Å². The van der Waals surface area contributed by atoms with Gasteiger partial charge in [-0.25, -0.2) is 4.39 Å². The number of nitrogens with zero attached hydrogens (tertiary/aromatic N) is 1. The van der Waals surface area contributed by atoms with Crippen molar-refractivity contribution in [3.05, 3.63) is 24.0 Å². The van der Waals surface area contributed by atoms with Gasteiger partial charge in [0.05, 0.1) is 24.5 Å². The normalized spacial score (nSPS) is 11.1. The van der Waals surface area contributed by atoms with Crippen molar-refractivity contribution in [3.8, 4) is 0 Å². The van der Waals surface area contributed by atoms with Crippen molar-refractivity contribution in [1.29, 1.82) is 0 Å². The van der Waals surface area contributed by atoms with Crippen LogP contribution in [0.25, 0.3) is 0 Å². The fraction of sp³-hybridized carbons (Fsp3) is 0.462. The molecule has 1 amide bonds. The van der Waals surface area contributed by atoms with Crippen LogP contribution in [0.5, 0.6) is 0 Å². The van der Waals surface area contributed by atoms with Crippen molar-refractivity contribution in [2.24, 2.45) is 0 Å². The van der Waals surface area contributed by atoms with Crippen molar-refractivity contribution < 1.29 is 14.3 Å². The first-order valence-electron chi connectivity index (χ1n) is 6.13. The lowest BCUT2D eigenvalue weighted by Gasteiger charge is -2.24. The number of aliphatic hydroxyl groups excluding tert-OH is 1. The van der Waals surface area contributed by atoms with E-state index in [4.69, 9.17) is 10.8 Å². The van der Waals surface area contributed by atoms with E-state index in [1.54, 1.807) is 0 Å². The third-order valence-electron chi connectivity index (χ3n) is 2.75. The van der Waals surface area contributed by atoms with Gasteiger partial charge in [0.2, 0.25) is 5.91 Å². The SMILES string of the molecule is CC(C)N(CCO)CC(=O)Nc1ccc(F)cc1N. The van der Waals surface area contributed by atoms with Gasteiger partial charge in [-0.2, -0.15) is 0 Å². The molecule has 5 nitrogen and oxygen atoms in total. The molecule has 0 aliphatic rings. The van der Waals surface area contributed by atoms with E-state index in [0.29, 0.717) is 12.2 Å². The Labute approximate surface area is 112 Å².